The average molecular weight is 389 g/mol. The molecule has 154 valence electrons. The number of phenolic OH excluding ortho intramolecular Hbond substituents is 1. The zero-order valence-corrected chi connectivity index (χ0v) is 18.5. The molecule has 0 amide bonds. The van der Waals surface area contributed by atoms with Crippen molar-refractivity contribution in [2.45, 2.75) is 78.1 Å². The van der Waals surface area contributed by atoms with E-state index in [-0.39, 0.29) is 0 Å². The largest absolute Gasteiger partial charge is 0.507 e. The molecule has 0 saturated heterocycles. The third kappa shape index (κ3) is 4.66. The monoisotopic (exact) mass is 388 g/mol. The van der Waals surface area contributed by atoms with E-state index in [1.54, 1.807) is 0 Å². The van der Waals surface area contributed by atoms with E-state index in [1.807, 2.05) is 6.07 Å². The molecule has 0 saturated carbocycles. The van der Waals surface area contributed by atoms with Gasteiger partial charge in [-0.25, -0.2) is 0 Å². The maximum atomic E-state index is 10.7. The molecule has 0 radical (unpaired) electrons. The van der Waals surface area contributed by atoms with Crippen LogP contribution in [0, 0.1) is 0 Å². The molecule has 1 heteroatoms. The van der Waals surface area contributed by atoms with Crippen LogP contribution < -0.4 is 0 Å². The lowest BCUT2D eigenvalue weighted by atomic mass is 9.87. The number of rotatable bonds is 9. The minimum atomic E-state index is 0.365. The molecule has 0 aliphatic heterocycles. The molecule has 0 heterocycles. The van der Waals surface area contributed by atoms with E-state index in [9.17, 15) is 5.11 Å². The molecule has 0 aliphatic rings. The summed E-state index contributed by atoms with van der Waals surface area (Å²) < 4.78 is 0. The van der Waals surface area contributed by atoms with Crippen LogP contribution in [-0.4, -0.2) is 5.11 Å². The molecule has 0 aromatic heterocycles. The highest BCUT2D eigenvalue weighted by molar-refractivity contribution is 6.01. The molecule has 29 heavy (non-hydrogen) atoms. The summed E-state index contributed by atoms with van der Waals surface area (Å²) in [6, 6.07) is 19.4. The van der Waals surface area contributed by atoms with Crippen LogP contribution in [0.2, 0.25) is 0 Å². The molecule has 0 bridgehead atoms. The van der Waals surface area contributed by atoms with Crippen LogP contribution in [0.3, 0.4) is 0 Å². The SMILES string of the molecule is CCCCC(C)c1cccc2c(-c3ccc(C(CC)CCC)cc3)c(O)ccc12. The quantitative estimate of drug-likeness (QED) is 0.388. The van der Waals surface area contributed by atoms with Crippen molar-refractivity contribution in [3.05, 3.63) is 65.7 Å². The first-order chi connectivity index (χ1) is 14.1. The Labute approximate surface area is 176 Å². The Morgan fingerprint density at radius 3 is 2.21 bits per heavy atom. The van der Waals surface area contributed by atoms with Crippen molar-refractivity contribution in [1.29, 1.82) is 0 Å². The van der Waals surface area contributed by atoms with E-state index in [0.717, 1.165) is 16.5 Å². The first-order valence-corrected chi connectivity index (χ1v) is 11.5. The summed E-state index contributed by atoms with van der Waals surface area (Å²) in [5.41, 5.74) is 4.86. The topological polar surface area (TPSA) is 20.2 Å². The van der Waals surface area contributed by atoms with Gasteiger partial charge in [-0.05, 0) is 64.6 Å². The van der Waals surface area contributed by atoms with Gasteiger partial charge in [-0.15, -0.1) is 0 Å². The van der Waals surface area contributed by atoms with Gasteiger partial charge in [0.1, 0.15) is 5.75 Å². The average Bonchev–Trinajstić information content (AvgIpc) is 2.75. The number of unbranched alkanes of at least 4 members (excludes halogenated alkanes) is 1. The van der Waals surface area contributed by atoms with Crippen LogP contribution in [-0.2, 0) is 0 Å². The Kier molecular flexibility index (Phi) is 7.36. The van der Waals surface area contributed by atoms with E-state index in [1.165, 1.54) is 55.0 Å². The summed E-state index contributed by atoms with van der Waals surface area (Å²) in [6.07, 6.45) is 7.30. The molecule has 1 N–H and O–H groups in total. The Morgan fingerprint density at radius 1 is 0.793 bits per heavy atom. The van der Waals surface area contributed by atoms with Crippen molar-refractivity contribution < 1.29 is 5.11 Å². The summed E-state index contributed by atoms with van der Waals surface area (Å²) in [4.78, 5) is 0. The van der Waals surface area contributed by atoms with Crippen LogP contribution in [0.4, 0.5) is 0 Å². The van der Waals surface area contributed by atoms with Crippen LogP contribution in [0.25, 0.3) is 21.9 Å². The predicted octanol–water partition coefficient (Wildman–Crippen LogP) is 8.80. The van der Waals surface area contributed by atoms with Crippen molar-refractivity contribution in [3.63, 3.8) is 0 Å². The van der Waals surface area contributed by atoms with E-state index in [0.29, 0.717) is 17.6 Å². The van der Waals surface area contributed by atoms with Gasteiger partial charge in [-0.3, -0.25) is 0 Å². The second-order valence-electron chi connectivity index (χ2n) is 8.46. The van der Waals surface area contributed by atoms with Gasteiger partial charge in [-0.1, -0.05) is 95.5 Å². The molecular weight excluding hydrogens is 352 g/mol. The van der Waals surface area contributed by atoms with Gasteiger partial charge in [0.05, 0.1) is 0 Å². The summed E-state index contributed by atoms with van der Waals surface area (Å²) >= 11 is 0. The number of aromatic hydroxyl groups is 1. The van der Waals surface area contributed by atoms with Crippen molar-refractivity contribution >= 4 is 10.8 Å². The summed E-state index contributed by atoms with van der Waals surface area (Å²) in [6.45, 7) is 9.10. The maximum absolute atomic E-state index is 10.7. The molecule has 2 atom stereocenters. The standard InChI is InChI=1S/C28H36O/c1-5-8-11-20(4)24-12-9-13-26-25(24)18-19-27(29)28(26)23-16-14-22(15-17-23)21(7-3)10-6-2/h9,12-21,29H,5-8,10-11H2,1-4H3. The maximum Gasteiger partial charge on any atom is 0.124 e. The molecule has 0 fully saturated rings. The van der Waals surface area contributed by atoms with E-state index < -0.39 is 0 Å². The van der Waals surface area contributed by atoms with E-state index in [4.69, 9.17) is 0 Å². The van der Waals surface area contributed by atoms with Crippen LogP contribution >= 0.6 is 0 Å². The molecule has 1 nitrogen and oxygen atoms in total. The van der Waals surface area contributed by atoms with Gasteiger partial charge < -0.3 is 5.11 Å². The van der Waals surface area contributed by atoms with Crippen molar-refractivity contribution in [3.8, 4) is 16.9 Å². The Morgan fingerprint density at radius 2 is 1.55 bits per heavy atom. The molecule has 3 aromatic rings. The molecule has 0 aliphatic carbocycles. The fourth-order valence-electron chi connectivity index (χ4n) is 4.65. The predicted molar refractivity (Wildman–Crippen MR) is 127 cm³/mol. The molecule has 2 unspecified atom stereocenters. The van der Waals surface area contributed by atoms with Gasteiger partial charge in [0.25, 0.3) is 0 Å². The van der Waals surface area contributed by atoms with E-state index >= 15 is 0 Å². The smallest absolute Gasteiger partial charge is 0.124 e. The minimum absolute atomic E-state index is 0.365. The highest BCUT2D eigenvalue weighted by Crippen LogP contribution is 2.40. The highest BCUT2D eigenvalue weighted by atomic mass is 16.3. The van der Waals surface area contributed by atoms with Gasteiger partial charge in [0.2, 0.25) is 0 Å². The van der Waals surface area contributed by atoms with Crippen molar-refractivity contribution in [2.24, 2.45) is 0 Å². The summed E-state index contributed by atoms with van der Waals surface area (Å²) in [5.74, 6) is 1.52. The van der Waals surface area contributed by atoms with Gasteiger partial charge >= 0.3 is 0 Å². The lowest BCUT2D eigenvalue weighted by Crippen LogP contribution is -1.97. The fourth-order valence-corrected chi connectivity index (χ4v) is 4.65. The van der Waals surface area contributed by atoms with Crippen molar-refractivity contribution in [2.75, 3.05) is 0 Å². The molecule has 3 aromatic carbocycles. The van der Waals surface area contributed by atoms with Gasteiger partial charge in [-0.2, -0.15) is 0 Å². The summed E-state index contributed by atoms with van der Waals surface area (Å²) in [7, 11) is 0. The number of benzene rings is 3. The molecular formula is C28H36O. The molecule has 3 rings (SSSR count). The first kappa shape index (κ1) is 21.4. The van der Waals surface area contributed by atoms with Crippen LogP contribution in [0.1, 0.15) is 89.2 Å². The zero-order chi connectivity index (χ0) is 20.8. The number of phenols is 1. The number of hydrogen-bond acceptors (Lipinski definition) is 1. The third-order valence-corrected chi connectivity index (χ3v) is 6.40. The second-order valence-corrected chi connectivity index (χ2v) is 8.46. The van der Waals surface area contributed by atoms with Gasteiger partial charge in [0, 0.05) is 5.56 Å². The first-order valence-electron chi connectivity index (χ1n) is 11.5. The second kappa shape index (κ2) is 9.96. The molecule has 0 spiro atoms. The minimum Gasteiger partial charge on any atom is -0.507 e. The number of hydrogen-bond donors (Lipinski definition) is 1. The fraction of sp³-hybridized carbons (Fsp3) is 0.429. The third-order valence-electron chi connectivity index (χ3n) is 6.40. The number of fused-ring (bicyclic) bond motifs is 1. The Bertz CT molecular complexity index is 923. The van der Waals surface area contributed by atoms with E-state index in [2.05, 4.69) is 76.2 Å². The normalized spacial score (nSPS) is 13.5. The summed E-state index contributed by atoms with van der Waals surface area (Å²) in [5, 5.41) is 13.2. The lowest BCUT2D eigenvalue weighted by molar-refractivity contribution is 0.478. The zero-order valence-electron chi connectivity index (χ0n) is 18.5. The highest BCUT2D eigenvalue weighted by Gasteiger charge is 2.15. The van der Waals surface area contributed by atoms with Gasteiger partial charge in [0.15, 0.2) is 0 Å². The lowest BCUT2D eigenvalue weighted by Gasteiger charge is -2.18. The van der Waals surface area contributed by atoms with Crippen LogP contribution in [0.15, 0.2) is 54.6 Å². The van der Waals surface area contributed by atoms with Crippen molar-refractivity contribution in [1.82, 2.24) is 0 Å². The Balaban J connectivity index is 2.04. The van der Waals surface area contributed by atoms with Crippen LogP contribution in [0.5, 0.6) is 5.75 Å². The Hall–Kier alpha value is -2.28.